The average molecular weight is 293 g/mol. The van der Waals surface area contributed by atoms with Gasteiger partial charge in [0.25, 0.3) is 0 Å². The Morgan fingerprint density at radius 1 is 0.952 bits per heavy atom. The van der Waals surface area contributed by atoms with Gasteiger partial charge in [-0.25, -0.2) is 0 Å². The van der Waals surface area contributed by atoms with Crippen molar-refractivity contribution in [2.75, 3.05) is 13.1 Å². The van der Waals surface area contributed by atoms with Gasteiger partial charge in [-0.3, -0.25) is 9.59 Å². The number of rotatable bonds is 3. The van der Waals surface area contributed by atoms with Gasteiger partial charge in [-0.1, -0.05) is 6.42 Å². The molecule has 2 atom stereocenters. The van der Waals surface area contributed by atoms with Gasteiger partial charge < -0.3 is 16.0 Å². The summed E-state index contributed by atoms with van der Waals surface area (Å²) in [7, 11) is 0. The minimum atomic E-state index is 0.131. The molecule has 3 fully saturated rings. The van der Waals surface area contributed by atoms with Crippen molar-refractivity contribution in [1.29, 1.82) is 0 Å². The Bertz CT molecular complexity index is 400. The maximum atomic E-state index is 12.5. The number of amides is 2. The molecule has 118 valence electrons. The topological polar surface area (TPSA) is 75.4 Å². The van der Waals surface area contributed by atoms with Gasteiger partial charge >= 0.3 is 0 Å². The zero-order valence-corrected chi connectivity index (χ0v) is 12.7. The van der Waals surface area contributed by atoms with E-state index < -0.39 is 0 Å². The lowest BCUT2D eigenvalue weighted by molar-refractivity contribution is -0.138. The smallest absolute Gasteiger partial charge is 0.225 e. The highest BCUT2D eigenvalue weighted by atomic mass is 16.2. The first-order valence-corrected chi connectivity index (χ1v) is 8.48. The maximum absolute atomic E-state index is 12.5. The third-order valence-corrected chi connectivity index (χ3v) is 5.17. The fourth-order valence-electron chi connectivity index (χ4n) is 3.62. The summed E-state index contributed by atoms with van der Waals surface area (Å²) in [6.07, 6.45) is 7.84. The summed E-state index contributed by atoms with van der Waals surface area (Å²) in [4.78, 5) is 26.3. The fraction of sp³-hybridized carbons (Fsp3) is 0.875. The van der Waals surface area contributed by atoms with Gasteiger partial charge in [-0.15, -0.1) is 0 Å². The first-order valence-electron chi connectivity index (χ1n) is 8.48. The Morgan fingerprint density at radius 3 is 2.29 bits per heavy atom. The second kappa shape index (κ2) is 6.34. The number of hydrogen-bond acceptors (Lipinski definition) is 3. The monoisotopic (exact) mass is 293 g/mol. The predicted octanol–water partition coefficient (Wildman–Crippen LogP) is 1.02. The van der Waals surface area contributed by atoms with Crippen molar-refractivity contribution >= 4 is 11.8 Å². The van der Waals surface area contributed by atoms with Crippen molar-refractivity contribution in [3.05, 3.63) is 0 Å². The third kappa shape index (κ3) is 3.76. The molecular formula is C16H27N3O2. The molecule has 0 bridgehead atoms. The lowest BCUT2D eigenvalue weighted by Gasteiger charge is -2.36. The van der Waals surface area contributed by atoms with E-state index in [1.165, 1.54) is 0 Å². The number of carbonyl (C=O) groups excluding carboxylic acids is 2. The van der Waals surface area contributed by atoms with Crippen LogP contribution < -0.4 is 11.1 Å². The molecule has 0 aromatic heterocycles. The molecule has 0 spiro atoms. The van der Waals surface area contributed by atoms with Gasteiger partial charge in [-0.05, 0) is 44.9 Å². The van der Waals surface area contributed by atoms with Gasteiger partial charge in [0.2, 0.25) is 11.8 Å². The van der Waals surface area contributed by atoms with Crippen molar-refractivity contribution in [3.63, 3.8) is 0 Å². The van der Waals surface area contributed by atoms with Crippen LogP contribution in [0.15, 0.2) is 0 Å². The first kappa shape index (κ1) is 14.8. The summed E-state index contributed by atoms with van der Waals surface area (Å²) in [6, 6.07) is 0.457. The minimum Gasteiger partial charge on any atom is -0.353 e. The van der Waals surface area contributed by atoms with Crippen LogP contribution in [0.2, 0.25) is 0 Å². The molecule has 2 saturated carbocycles. The van der Waals surface area contributed by atoms with Crippen LogP contribution in [0.5, 0.6) is 0 Å². The van der Waals surface area contributed by atoms with Crippen LogP contribution in [0.4, 0.5) is 0 Å². The van der Waals surface area contributed by atoms with E-state index in [1.807, 2.05) is 4.90 Å². The molecule has 21 heavy (non-hydrogen) atoms. The summed E-state index contributed by atoms with van der Waals surface area (Å²) >= 11 is 0. The lowest BCUT2D eigenvalue weighted by Crippen LogP contribution is -2.49. The van der Waals surface area contributed by atoms with Crippen LogP contribution in [0.3, 0.4) is 0 Å². The van der Waals surface area contributed by atoms with E-state index in [0.717, 1.165) is 64.5 Å². The molecule has 3 N–H and O–H groups in total. The quantitative estimate of drug-likeness (QED) is 0.816. The van der Waals surface area contributed by atoms with Crippen molar-refractivity contribution < 1.29 is 9.59 Å². The molecule has 0 aromatic rings. The Kier molecular flexibility index (Phi) is 4.48. The molecule has 3 aliphatic rings. The maximum Gasteiger partial charge on any atom is 0.225 e. The second-order valence-electron chi connectivity index (χ2n) is 7.01. The van der Waals surface area contributed by atoms with Crippen LogP contribution in [0.25, 0.3) is 0 Å². The number of piperidine rings is 1. The molecule has 5 nitrogen and oxygen atoms in total. The molecule has 1 saturated heterocycles. The highest BCUT2D eigenvalue weighted by Gasteiger charge is 2.34. The van der Waals surface area contributed by atoms with Gasteiger partial charge in [-0.2, -0.15) is 0 Å². The zero-order chi connectivity index (χ0) is 14.8. The Balaban J connectivity index is 1.44. The molecule has 1 heterocycles. The third-order valence-electron chi connectivity index (χ3n) is 5.17. The molecule has 0 radical (unpaired) electrons. The van der Waals surface area contributed by atoms with Crippen LogP contribution in [0.1, 0.15) is 51.4 Å². The summed E-state index contributed by atoms with van der Waals surface area (Å²) in [5, 5.41) is 3.13. The van der Waals surface area contributed by atoms with E-state index in [-0.39, 0.29) is 35.7 Å². The fourth-order valence-corrected chi connectivity index (χ4v) is 3.62. The van der Waals surface area contributed by atoms with Crippen molar-refractivity contribution in [3.8, 4) is 0 Å². The summed E-state index contributed by atoms with van der Waals surface area (Å²) in [5.41, 5.74) is 5.99. The van der Waals surface area contributed by atoms with Gasteiger partial charge in [0.05, 0.1) is 0 Å². The van der Waals surface area contributed by atoms with Crippen molar-refractivity contribution in [2.45, 2.75) is 63.5 Å². The first-order chi connectivity index (χ1) is 10.1. The summed E-state index contributed by atoms with van der Waals surface area (Å²) in [6.45, 7) is 1.56. The number of hydrogen-bond donors (Lipinski definition) is 2. The van der Waals surface area contributed by atoms with Crippen LogP contribution in [0, 0.1) is 11.8 Å². The summed E-state index contributed by atoms with van der Waals surface area (Å²) in [5.74, 6) is 0.912. The van der Waals surface area contributed by atoms with Crippen LogP contribution in [-0.4, -0.2) is 41.9 Å². The number of nitrogens with one attached hydrogen (secondary N) is 1. The van der Waals surface area contributed by atoms with Gasteiger partial charge in [0, 0.05) is 37.0 Å². The second-order valence-corrected chi connectivity index (χ2v) is 7.01. The Labute approximate surface area is 126 Å². The van der Waals surface area contributed by atoms with E-state index in [2.05, 4.69) is 5.32 Å². The van der Waals surface area contributed by atoms with Crippen LogP contribution >= 0.6 is 0 Å². The molecule has 2 aliphatic carbocycles. The van der Waals surface area contributed by atoms with E-state index in [0.29, 0.717) is 0 Å². The minimum absolute atomic E-state index is 0.131. The SMILES string of the molecule is NC1CCCC(C(=O)N2CCC(NC(=O)C3CC3)CC2)C1. The lowest BCUT2D eigenvalue weighted by atomic mass is 9.85. The Morgan fingerprint density at radius 2 is 1.67 bits per heavy atom. The Hall–Kier alpha value is -1.10. The average Bonchev–Trinajstić information content (AvgIpc) is 3.32. The van der Waals surface area contributed by atoms with E-state index >= 15 is 0 Å². The highest BCUT2D eigenvalue weighted by Crippen LogP contribution is 2.30. The van der Waals surface area contributed by atoms with E-state index in [1.54, 1.807) is 0 Å². The molecule has 2 unspecified atom stereocenters. The molecule has 2 amide bonds. The largest absolute Gasteiger partial charge is 0.353 e. The zero-order valence-electron chi connectivity index (χ0n) is 12.7. The molecular weight excluding hydrogens is 266 g/mol. The summed E-state index contributed by atoms with van der Waals surface area (Å²) < 4.78 is 0. The number of nitrogens with two attached hydrogens (primary N) is 1. The van der Waals surface area contributed by atoms with E-state index in [9.17, 15) is 9.59 Å². The standard InChI is InChI=1S/C16H27N3O2/c17-13-3-1-2-12(10-13)16(21)19-8-6-14(7-9-19)18-15(20)11-4-5-11/h11-14H,1-10,17H2,(H,18,20). The molecule has 5 heteroatoms. The molecule has 0 aromatic carbocycles. The number of nitrogens with zero attached hydrogens (tertiary/aromatic N) is 1. The highest BCUT2D eigenvalue weighted by molar-refractivity contribution is 5.81. The molecule has 1 aliphatic heterocycles. The number of likely N-dealkylation sites (tertiary alicyclic amines) is 1. The predicted molar refractivity (Wildman–Crippen MR) is 80.4 cm³/mol. The number of carbonyl (C=O) groups is 2. The van der Waals surface area contributed by atoms with Gasteiger partial charge in [0.15, 0.2) is 0 Å². The van der Waals surface area contributed by atoms with E-state index in [4.69, 9.17) is 5.73 Å². The molecule has 3 rings (SSSR count). The van der Waals surface area contributed by atoms with Gasteiger partial charge in [0.1, 0.15) is 0 Å². The normalized spacial score (nSPS) is 31.0. The van der Waals surface area contributed by atoms with Crippen molar-refractivity contribution in [2.24, 2.45) is 17.6 Å². The van der Waals surface area contributed by atoms with Crippen molar-refractivity contribution in [1.82, 2.24) is 10.2 Å². The van der Waals surface area contributed by atoms with Crippen LogP contribution in [-0.2, 0) is 9.59 Å².